The average molecular weight is 427 g/mol. The Balaban J connectivity index is 1.46. The zero-order valence-electron chi connectivity index (χ0n) is 17.6. The highest BCUT2D eigenvalue weighted by atomic mass is 32.1. The second-order valence-electron chi connectivity index (χ2n) is 8.32. The summed E-state index contributed by atoms with van der Waals surface area (Å²) in [6.07, 6.45) is 3.55. The second-order valence-corrected chi connectivity index (χ2v) is 9.27. The molecule has 2 fully saturated rings. The van der Waals surface area contributed by atoms with Crippen molar-refractivity contribution in [1.82, 2.24) is 10.2 Å². The topological polar surface area (TPSA) is 58.6 Å². The van der Waals surface area contributed by atoms with Gasteiger partial charge in [0.25, 0.3) is 5.91 Å². The van der Waals surface area contributed by atoms with Crippen molar-refractivity contribution in [2.45, 2.75) is 45.1 Å². The minimum absolute atomic E-state index is 0.0947. The predicted molar refractivity (Wildman–Crippen MR) is 119 cm³/mol. The molecule has 0 saturated carbocycles. The van der Waals surface area contributed by atoms with Gasteiger partial charge in [-0.25, -0.2) is 0 Å². The predicted octanol–water partition coefficient (Wildman–Crippen LogP) is 3.88. The number of nitrogens with one attached hydrogen (secondary N) is 1. The SMILES string of the molecule is CCNC(=O)C1(Cc2ccc(-c3cccs3)cc2)CCN(C(=O)[C@@H]2CCCO2)CC1. The smallest absolute Gasteiger partial charge is 0.251 e. The van der Waals surface area contributed by atoms with Crippen LogP contribution in [0.3, 0.4) is 0 Å². The van der Waals surface area contributed by atoms with E-state index < -0.39 is 5.41 Å². The summed E-state index contributed by atoms with van der Waals surface area (Å²) < 4.78 is 5.57. The number of thiophene rings is 1. The van der Waals surface area contributed by atoms with Gasteiger partial charge < -0.3 is 15.0 Å². The van der Waals surface area contributed by atoms with Crippen molar-refractivity contribution >= 4 is 23.2 Å². The van der Waals surface area contributed by atoms with Crippen LogP contribution in [0.4, 0.5) is 0 Å². The monoisotopic (exact) mass is 426 g/mol. The standard InChI is InChI=1S/C24H30N2O3S/c1-2-25-23(28)24(11-13-26(14-12-24)22(27)20-5-3-15-29-20)17-18-7-9-19(10-8-18)21-6-4-16-30-21/h4,6-10,16,20H,2-3,5,11-15,17H2,1H3,(H,25,28)/t20-/m0/s1. The number of piperidine rings is 1. The van der Waals surface area contributed by atoms with E-state index >= 15 is 0 Å². The Hall–Kier alpha value is -2.18. The quantitative estimate of drug-likeness (QED) is 0.763. The van der Waals surface area contributed by atoms with Crippen molar-refractivity contribution in [2.75, 3.05) is 26.2 Å². The van der Waals surface area contributed by atoms with Crippen LogP contribution in [0.15, 0.2) is 41.8 Å². The maximum atomic E-state index is 13.1. The van der Waals surface area contributed by atoms with Crippen molar-refractivity contribution in [2.24, 2.45) is 5.41 Å². The lowest BCUT2D eigenvalue weighted by Crippen LogP contribution is -2.52. The lowest BCUT2D eigenvalue weighted by Gasteiger charge is -2.41. The van der Waals surface area contributed by atoms with Gasteiger partial charge in [-0.15, -0.1) is 11.3 Å². The van der Waals surface area contributed by atoms with E-state index in [9.17, 15) is 9.59 Å². The number of ether oxygens (including phenoxy) is 1. The first-order valence-corrected chi connectivity index (χ1v) is 11.8. The lowest BCUT2D eigenvalue weighted by molar-refractivity contribution is -0.146. The Kier molecular flexibility index (Phi) is 6.54. The first-order valence-electron chi connectivity index (χ1n) is 10.9. The number of rotatable bonds is 6. The Morgan fingerprint density at radius 2 is 1.97 bits per heavy atom. The van der Waals surface area contributed by atoms with Crippen LogP contribution in [-0.2, 0) is 20.7 Å². The zero-order chi connectivity index (χ0) is 21.0. The van der Waals surface area contributed by atoms with Crippen LogP contribution < -0.4 is 5.32 Å². The first kappa shape index (κ1) is 21.1. The number of carbonyl (C=O) groups is 2. The van der Waals surface area contributed by atoms with Crippen LogP contribution in [-0.4, -0.2) is 49.1 Å². The van der Waals surface area contributed by atoms with Gasteiger partial charge in [-0.1, -0.05) is 30.3 Å². The molecule has 2 saturated heterocycles. The minimum atomic E-state index is -0.465. The van der Waals surface area contributed by atoms with Gasteiger partial charge in [0.05, 0.1) is 5.41 Å². The number of hydrogen-bond acceptors (Lipinski definition) is 4. The van der Waals surface area contributed by atoms with E-state index in [0.717, 1.165) is 12.8 Å². The van der Waals surface area contributed by atoms with Crippen LogP contribution >= 0.6 is 11.3 Å². The molecule has 2 aromatic rings. The number of amides is 2. The fraction of sp³-hybridized carbons (Fsp3) is 0.500. The van der Waals surface area contributed by atoms with E-state index in [-0.39, 0.29) is 17.9 Å². The molecule has 2 amide bonds. The van der Waals surface area contributed by atoms with E-state index in [1.165, 1.54) is 16.0 Å². The molecule has 2 aliphatic heterocycles. The van der Waals surface area contributed by atoms with E-state index in [0.29, 0.717) is 45.5 Å². The Bertz CT molecular complexity index is 849. The number of nitrogens with zero attached hydrogens (tertiary/aromatic N) is 1. The summed E-state index contributed by atoms with van der Waals surface area (Å²) >= 11 is 1.73. The largest absolute Gasteiger partial charge is 0.368 e. The lowest BCUT2D eigenvalue weighted by atomic mass is 9.72. The normalized spacial score (nSPS) is 20.8. The van der Waals surface area contributed by atoms with E-state index in [4.69, 9.17) is 4.74 Å². The number of benzene rings is 1. The molecule has 0 radical (unpaired) electrons. The Labute approximate surface area is 182 Å². The molecule has 1 N–H and O–H groups in total. The second kappa shape index (κ2) is 9.31. The van der Waals surface area contributed by atoms with Crippen molar-refractivity contribution in [3.05, 3.63) is 47.3 Å². The van der Waals surface area contributed by atoms with Gasteiger partial charge in [-0.05, 0) is 61.6 Å². The summed E-state index contributed by atoms with van der Waals surface area (Å²) in [4.78, 5) is 28.9. The molecule has 0 aliphatic carbocycles. The molecule has 1 atom stereocenters. The highest BCUT2D eigenvalue weighted by molar-refractivity contribution is 7.13. The van der Waals surface area contributed by atoms with Gasteiger partial charge in [0.2, 0.25) is 5.91 Å². The van der Waals surface area contributed by atoms with Gasteiger partial charge in [-0.2, -0.15) is 0 Å². The van der Waals surface area contributed by atoms with Crippen LogP contribution in [0.1, 0.15) is 38.2 Å². The number of hydrogen-bond donors (Lipinski definition) is 1. The summed E-state index contributed by atoms with van der Waals surface area (Å²) in [5, 5.41) is 5.13. The third-order valence-electron chi connectivity index (χ3n) is 6.36. The fourth-order valence-corrected chi connectivity index (χ4v) is 5.32. The molecule has 0 unspecified atom stereocenters. The Morgan fingerprint density at radius 3 is 2.57 bits per heavy atom. The minimum Gasteiger partial charge on any atom is -0.368 e. The molecule has 30 heavy (non-hydrogen) atoms. The summed E-state index contributed by atoms with van der Waals surface area (Å²) in [5.74, 6) is 0.203. The molecule has 1 aromatic heterocycles. The van der Waals surface area contributed by atoms with Gasteiger partial charge in [0.1, 0.15) is 6.10 Å². The molecule has 3 heterocycles. The van der Waals surface area contributed by atoms with E-state index in [1.807, 2.05) is 11.8 Å². The van der Waals surface area contributed by atoms with E-state index in [2.05, 4.69) is 47.1 Å². The number of carbonyl (C=O) groups excluding carboxylic acids is 2. The highest BCUT2D eigenvalue weighted by Crippen LogP contribution is 2.37. The summed E-state index contributed by atoms with van der Waals surface area (Å²) in [7, 11) is 0. The molecule has 6 heteroatoms. The summed E-state index contributed by atoms with van der Waals surface area (Å²) in [5.41, 5.74) is 1.91. The highest BCUT2D eigenvalue weighted by Gasteiger charge is 2.43. The van der Waals surface area contributed by atoms with Crippen molar-refractivity contribution in [3.8, 4) is 10.4 Å². The molecule has 1 aromatic carbocycles. The maximum absolute atomic E-state index is 13.1. The molecule has 5 nitrogen and oxygen atoms in total. The van der Waals surface area contributed by atoms with Gasteiger partial charge in [-0.3, -0.25) is 9.59 Å². The molecule has 0 spiro atoms. The number of likely N-dealkylation sites (tertiary alicyclic amines) is 1. The summed E-state index contributed by atoms with van der Waals surface area (Å²) in [6, 6.07) is 12.7. The average Bonchev–Trinajstić information content (AvgIpc) is 3.49. The van der Waals surface area contributed by atoms with Crippen LogP contribution in [0, 0.1) is 5.41 Å². The zero-order valence-corrected chi connectivity index (χ0v) is 18.4. The third-order valence-corrected chi connectivity index (χ3v) is 7.28. The molecule has 160 valence electrons. The molecule has 0 bridgehead atoms. The Morgan fingerprint density at radius 1 is 1.20 bits per heavy atom. The maximum Gasteiger partial charge on any atom is 0.251 e. The molecular weight excluding hydrogens is 396 g/mol. The van der Waals surface area contributed by atoms with Crippen molar-refractivity contribution in [3.63, 3.8) is 0 Å². The fourth-order valence-electron chi connectivity index (χ4n) is 4.58. The third kappa shape index (κ3) is 4.44. The van der Waals surface area contributed by atoms with Gasteiger partial charge >= 0.3 is 0 Å². The van der Waals surface area contributed by atoms with E-state index in [1.54, 1.807) is 11.3 Å². The van der Waals surface area contributed by atoms with Crippen molar-refractivity contribution in [1.29, 1.82) is 0 Å². The van der Waals surface area contributed by atoms with Crippen LogP contribution in [0.5, 0.6) is 0 Å². The van der Waals surface area contributed by atoms with Crippen LogP contribution in [0.2, 0.25) is 0 Å². The van der Waals surface area contributed by atoms with Gasteiger partial charge in [0, 0.05) is 31.1 Å². The molecule has 4 rings (SSSR count). The first-order chi connectivity index (χ1) is 14.6. The van der Waals surface area contributed by atoms with Crippen LogP contribution in [0.25, 0.3) is 10.4 Å². The molecular formula is C24H30N2O3S. The molecule has 2 aliphatic rings. The van der Waals surface area contributed by atoms with Gasteiger partial charge in [0.15, 0.2) is 0 Å². The van der Waals surface area contributed by atoms with Crippen molar-refractivity contribution < 1.29 is 14.3 Å². The summed E-state index contributed by atoms with van der Waals surface area (Å²) in [6.45, 7) is 4.48.